The lowest BCUT2D eigenvalue weighted by atomic mass is 10.0. The second kappa shape index (κ2) is 10.9. The molecular weight excluding hydrogens is 420 g/mol. The maximum absolute atomic E-state index is 10.9. The summed E-state index contributed by atoms with van der Waals surface area (Å²) in [6.45, 7) is 3.98. The van der Waals surface area contributed by atoms with E-state index < -0.39 is 29.2 Å². The predicted octanol–water partition coefficient (Wildman–Crippen LogP) is 1.17. The van der Waals surface area contributed by atoms with Crippen molar-refractivity contribution in [3.63, 3.8) is 0 Å². The Hall–Kier alpha value is -0.880. The third-order valence-corrected chi connectivity index (χ3v) is 8.88. The van der Waals surface area contributed by atoms with Crippen LogP contribution < -0.4 is 4.74 Å². The minimum absolute atomic E-state index is 0.0210. The van der Waals surface area contributed by atoms with E-state index in [0.29, 0.717) is 11.9 Å². The van der Waals surface area contributed by atoms with Gasteiger partial charge in [-0.15, -0.1) is 0 Å². The molecule has 1 saturated heterocycles. The largest absolute Gasteiger partial charge is 0.497 e. The van der Waals surface area contributed by atoms with Crippen molar-refractivity contribution in [3.8, 4) is 5.75 Å². The molecule has 1 unspecified atom stereocenters. The van der Waals surface area contributed by atoms with Gasteiger partial charge in [0.05, 0.1) is 20.3 Å². The first-order valence-electron chi connectivity index (χ1n) is 9.53. The topological polar surface area (TPSA) is 123 Å². The lowest BCUT2D eigenvalue weighted by molar-refractivity contribution is 0.0113. The van der Waals surface area contributed by atoms with Gasteiger partial charge in [-0.2, -0.15) is 8.42 Å². The van der Waals surface area contributed by atoms with Crippen LogP contribution in [0.25, 0.3) is 0 Å². The standard InChI is InChI=1S/C19H30O8S2/c1-4-19-13(2)18(26-10-14-5-7-15(25-3)8-6-14)12-28(19)11-16(21)17(9-20)27-29(22,23)24/h5-8,13,16-21H,4,9-12H2,1-3H3/p+1/t13-,16+,17-,18+,19+,28?/m0/s1. The van der Waals surface area contributed by atoms with Crippen LogP contribution >= 0.6 is 0 Å². The quantitative estimate of drug-likeness (QED) is 0.338. The van der Waals surface area contributed by atoms with Crippen LogP contribution in [-0.2, 0) is 36.8 Å². The van der Waals surface area contributed by atoms with Crippen LogP contribution in [-0.4, -0.2) is 72.0 Å². The van der Waals surface area contributed by atoms with Crippen molar-refractivity contribution in [1.82, 2.24) is 0 Å². The Balaban J connectivity index is 1.96. The molecule has 1 aliphatic rings. The molecule has 1 aliphatic heterocycles. The summed E-state index contributed by atoms with van der Waals surface area (Å²) in [6.07, 6.45) is -1.66. The molecule has 1 aromatic rings. The van der Waals surface area contributed by atoms with Crippen LogP contribution in [0.1, 0.15) is 25.8 Å². The van der Waals surface area contributed by atoms with Crippen molar-refractivity contribution >= 4 is 21.3 Å². The van der Waals surface area contributed by atoms with Gasteiger partial charge in [-0.05, 0) is 35.0 Å². The molecule has 29 heavy (non-hydrogen) atoms. The van der Waals surface area contributed by atoms with Crippen LogP contribution in [0.15, 0.2) is 24.3 Å². The van der Waals surface area contributed by atoms with E-state index >= 15 is 0 Å². The van der Waals surface area contributed by atoms with E-state index in [0.717, 1.165) is 23.5 Å². The van der Waals surface area contributed by atoms with Crippen molar-refractivity contribution in [2.45, 2.75) is 50.4 Å². The zero-order valence-electron chi connectivity index (χ0n) is 16.9. The third-order valence-electron chi connectivity index (χ3n) is 5.24. The molecule has 0 spiro atoms. The minimum Gasteiger partial charge on any atom is -0.497 e. The predicted molar refractivity (Wildman–Crippen MR) is 111 cm³/mol. The second-order valence-corrected chi connectivity index (χ2v) is 10.6. The zero-order chi connectivity index (χ0) is 21.6. The average molecular weight is 452 g/mol. The highest BCUT2D eigenvalue weighted by Gasteiger charge is 2.49. The van der Waals surface area contributed by atoms with Gasteiger partial charge in [0.2, 0.25) is 0 Å². The summed E-state index contributed by atoms with van der Waals surface area (Å²) in [7, 11) is -3.36. The molecule has 0 aliphatic carbocycles. The zero-order valence-corrected chi connectivity index (χ0v) is 18.6. The Morgan fingerprint density at radius 3 is 2.45 bits per heavy atom. The van der Waals surface area contributed by atoms with Gasteiger partial charge < -0.3 is 19.7 Å². The lowest BCUT2D eigenvalue weighted by Crippen LogP contribution is -2.41. The molecule has 0 radical (unpaired) electrons. The molecule has 0 bridgehead atoms. The molecular formula is C19H31O8S2+. The van der Waals surface area contributed by atoms with E-state index in [4.69, 9.17) is 14.0 Å². The third kappa shape index (κ3) is 7.09. The van der Waals surface area contributed by atoms with Crippen molar-refractivity contribution in [2.24, 2.45) is 5.92 Å². The first kappa shape index (κ1) is 24.4. The SMILES string of the molecule is CC[C@@H]1[C@@H](C)[C@H](OCc2ccc(OC)cc2)C[S+]1C[C@@H](O)[C@H](CO)OS(=O)(=O)O. The molecule has 0 amide bonds. The Labute approximate surface area is 175 Å². The normalized spacial score (nSPS) is 27.0. The molecule has 3 N–H and O–H groups in total. The van der Waals surface area contributed by atoms with Gasteiger partial charge in [0.1, 0.15) is 40.8 Å². The molecule has 10 heteroatoms. The maximum Gasteiger partial charge on any atom is 0.397 e. The number of hydrogen-bond acceptors (Lipinski definition) is 7. The van der Waals surface area contributed by atoms with Crippen LogP contribution in [0, 0.1) is 5.92 Å². The van der Waals surface area contributed by atoms with E-state index in [-0.39, 0.29) is 28.7 Å². The highest BCUT2D eigenvalue weighted by Crippen LogP contribution is 2.34. The van der Waals surface area contributed by atoms with Crippen LogP contribution in [0.4, 0.5) is 0 Å². The van der Waals surface area contributed by atoms with Crippen LogP contribution in [0.3, 0.4) is 0 Å². The highest BCUT2D eigenvalue weighted by atomic mass is 32.3. The highest BCUT2D eigenvalue weighted by molar-refractivity contribution is 7.97. The molecule has 8 nitrogen and oxygen atoms in total. The first-order valence-corrected chi connectivity index (χ1v) is 12.5. The van der Waals surface area contributed by atoms with Gasteiger partial charge in [-0.1, -0.05) is 26.0 Å². The van der Waals surface area contributed by atoms with Crippen molar-refractivity contribution in [3.05, 3.63) is 29.8 Å². The van der Waals surface area contributed by atoms with Crippen molar-refractivity contribution < 1.29 is 36.8 Å². The lowest BCUT2D eigenvalue weighted by Gasteiger charge is -2.20. The molecule has 1 fully saturated rings. The minimum atomic E-state index is -4.75. The smallest absolute Gasteiger partial charge is 0.397 e. The fraction of sp³-hybridized carbons (Fsp3) is 0.684. The summed E-state index contributed by atoms with van der Waals surface area (Å²) in [5, 5.41) is 20.0. The van der Waals surface area contributed by atoms with Crippen LogP contribution in [0.2, 0.25) is 0 Å². The number of aliphatic hydroxyl groups excluding tert-OH is 2. The van der Waals surface area contributed by atoms with E-state index in [1.165, 1.54) is 0 Å². The molecule has 6 atom stereocenters. The number of benzene rings is 1. The second-order valence-electron chi connectivity index (χ2n) is 7.19. The molecule has 0 saturated carbocycles. The Kier molecular flexibility index (Phi) is 9.20. The fourth-order valence-electron chi connectivity index (χ4n) is 3.65. The van der Waals surface area contributed by atoms with Crippen molar-refractivity contribution in [1.29, 1.82) is 0 Å². The Morgan fingerprint density at radius 1 is 1.28 bits per heavy atom. The Bertz CT molecular complexity index is 724. The van der Waals surface area contributed by atoms with Gasteiger partial charge in [-0.25, -0.2) is 4.18 Å². The fourth-order valence-corrected chi connectivity index (χ4v) is 7.51. The van der Waals surface area contributed by atoms with Crippen molar-refractivity contribution in [2.75, 3.05) is 25.2 Å². The molecule has 166 valence electrons. The molecule has 0 aromatic heterocycles. The van der Waals surface area contributed by atoms with Gasteiger partial charge in [0, 0.05) is 5.92 Å². The first-order chi connectivity index (χ1) is 13.7. The average Bonchev–Trinajstić information content (AvgIpc) is 2.98. The Morgan fingerprint density at radius 2 is 1.93 bits per heavy atom. The number of hydrogen-bond donors (Lipinski definition) is 3. The molecule has 1 aromatic carbocycles. The van der Waals surface area contributed by atoms with E-state index in [1.54, 1.807) is 7.11 Å². The number of methoxy groups -OCH3 is 1. The van der Waals surface area contributed by atoms with Gasteiger partial charge in [0.15, 0.2) is 0 Å². The van der Waals surface area contributed by atoms with Gasteiger partial charge in [-0.3, -0.25) is 4.55 Å². The summed E-state index contributed by atoms with van der Waals surface area (Å²) >= 11 is 0. The summed E-state index contributed by atoms with van der Waals surface area (Å²) in [6, 6.07) is 7.68. The number of rotatable bonds is 11. The summed E-state index contributed by atoms with van der Waals surface area (Å²) in [5.74, 6) is 2.10. The molecule has 1 heterocycles. The van der Waals surface area contributed by atoms with E-state index in [1.807, 2.05) is 24.3 Å². The number of ether oxygens (including phenoxy) is 2. The summed E-state index contributed by atoms with van der Waals surface area (Å²) in [5.41, 5.74) is 1.04. The van der Waals surface area contributed by atoms with Gasteiger partial charge in [0.25, 0.3) is 0 Å². The van der Waals surface area contributed by atoms with E-state index in [9.17, 15) is 18.6 Å². The maximum atomic E-state index is 10.9. The van der Waals surface area contributed by atoms with Crippen LogP contribution in [0.5, 0.6) is 5.75 Å². The molecule has 2 rings (SSSR count). The van der Waals surface area contributed by atoms with E-state index in [2.05, 4.69) is 18.0 Å². The number of aliphatic hydroxyl groups is 2. The summed E-state index contributed by atoms with van der Waals surface area (Å²) in [4.78, 5) is 0. The monoisotopic (exact) mass is 451 g/mol. The van der Waals surface area contributed by atoms with Gasteiger partial charge >= 0.3 is 10.4 Å². The summed E-state index contributed by atoms with van der Waals surface area (Å²) < 4.78 is 46.4.